The van der Waals surface area contributed by atoms with Crippen molar-refractivity contribution in [2.75, 3.05) is 26.7 Å². The van der Waals surface area contributed by atoms with Gasteiger partial charge >= 0.3 is 12.0 Å². The molecule has 0 unspecified atom stereocenters. The quantitative estimate of drug-likeness (QED) is 0.543. The predicted molar refractivity (Wildman–Crippen MR) is 97.6 cm³/mol. The number of likely N-dealkylation sites (N-methyl/N-ethyl adjacent to an activating group) is 1. The Balaban J connectivity index is 1.97. The molecule has 1 fully saturated rings. The number of rotatable bonds is 7. The summed E-state index contributed by atoms with van der Waals surface area (Å²) in [7, 11) is 1.48. The third kappa shape index (κ3) is 4.46. The van der Waals surface area contributed by atoms with Crippen molar-refractivity contribution in [1.82, 2.24) is 15.1 Å². The van der Waals surface area contributed by atoms with Gasteiger partial charge < -0.3 is 15.0 Å². The zero-order chi connectivity index (χ0) is 20.9. The first-order chi connectivity index (χ1) is 13.2. The van der Waals surface area contributed by atoms with E-state index in [1.54, 1.807) is 19.1 Å². The van der Waals surface area contributed by atoms with E-state index in [1.807, 2.05) is 25.1 Å². The highest BCUT2D eigenvalue weighted by molar-refractivity contribution is 6.08. The molecule has 28 heavy (non-hydrogen) atoms. The molecule has 1 N–H and O–H groups in total. The fourth-order valence-electron chi connectivity index (χ4n) is 2.69. The first-order valence-electron chi connectivity index (χ1n) is 8.67. The van der Waals surface area contributed by atoms with Crippen LogP contribution in [0.3, 0.4) is 0 Å². The van der Waals surface area contributed by atoms with E-state index in [0.29, 0.717) is 5.56 Å². The molecule has 0 aromatic heterocycles. The zero-order valence-electron chi connectivity index (χ0n) is 16.0. The highest BCUT2D eigenvalue weighted by Crippen LogP contribution is 2.28. The smallest absolute Gasteiger partial charge is 0.326 e. The van der Waals surface area contributed by atoms with Crippen LogP contribution in [0.5, 0.6) is 0 Å². The summed E-state index contributed by atoms with van der Waals surface area (Å²) in [5.41, 5.74) is 0.328. The maximum Gasteiger partial charge on any atom is 0.326 e. The Labute approximate surface area is 162 Å². The molecule has 1 atom stereocenters. The topological polar surface area (TPSA) is 120 Å². The summed E-state index contributed by atoms with van der Waals surface area (Å²) in [6, 6.07) is 8.34. The zero-order valence-corrected chi connectivity index (χ0v) is 16.0. The molecule has 0 spiro atoms. The van der Waals surface area contributed by atoms with Crippen LogP contribution in [-0.2, 0) is 24.7 Å². The number of amides is 4. The third-order valence-corrected chi connectivity index (χ3v) is 4.53. The monoisotopic (exact) mass is 386 g/mol. The van der Waals surface area contributed by atoms with Gasteiger partial charge in [-0.1, -0.05) is 29.8 Å². The number of nitrogens with one attached hydrogen (secondary N) is 1. The number of esters is 1. The normalized spacial score (nSPS) is 18.4. The first-order valence-corrected chi connectivity index (χ1v) is 8.67. The second-order valence-electron chi connectivity index (χ2n) is 6.70. The summed E-state index contributed by atoms with van der Waals surface area (Å²) in [4.78, 5) is 50.8. The number of nitrogens with zero attached hydrogens (tertiary/aromatic N) is 3. The lowest BCUT2D eigenvalue weighted by molar-refractivity contribution is -0.153. The van der Waals surface area contributed by atoms with E-state index in [1.165, 1.54) is 11.9 Å². The molecule has 148 valence electrons. The summed E-state index contributed by atoms with van der Waals surface area (Å²) < 4.78 is 4.87. The van der Waals surface area contributed by atoms with E-state index < -0.39 is 42.5 Å². The minimum Gasteiger partial charge on any atom is -0.454 e. The molecule has 0 aliphatic carbocycles. The van der Waals surface area contributed by atoms with Crippen molar-refractivity contribution < 1.29 is 23.9 Å². The van der Waals surface area contributed by atoms with Crippen LogP contribution in [-0.4, -0.2) is 60.4 Å². The van der Waals surface area contributed by atoms with E-state index in [-0.39, 0.29) is 13.0 Å². The van der Waals surface area contributed by atoms with E-state index in [0.717, 1.165) is 10.5 Å². The maximum absolute atomic E-state index is 12.8. The van der Waals surface area contributed by atoms with Crippen LogP contribution in [0.4, 0.5) is 4.79 Å². The predicted octanol–water partition coefficient (Wildman–Crippen LogP) is 0.677. The lowest BCUT2D eigenvalue weighted by Crippen LogP contribution is -2.42. The summed E-state index contributed by atoms with van der Waals surface area (Å²) in [6.45, 7) is 2.56. The number of imide groups is 1. The van der Waals surface area contributed by atoms with Gasteiger partial charge in [0.1, 0.15) is 12.1 Å². The Kier molecular flexibility index (Phi) is 6.36. The Bertz CT molecular complexity index is 830. The van der Waals surface area contributed by atoms with E-state index in [2.05, 4.69) is 5.32 Å². The number of carbonyl (C=O) groups is 4. The molecule has 1 aromatic carbocycles. The van der Waals surface area contributed by atoms with Gasteiger partial charge in [-0.3, -0.25) is 19.3 Å². The fraction of sp³-hybridized carbons (Fsp3) is 0.421. The molecular formula is C19H22N4O5. The highest BCUT2D eigenvalue weighted by atomic mass is 16.5. The van der Waals surface area contributed by atoms with Crippen molar-refractivity contribution in [3.8, 4) is 6.07 Å². The summed E-state index contributed by atoms with van der Waals surface area (Å²) in [5, 5.41) is 11.1. The third-order valence-electron chi connectivity index (χ3n) is 4.53. The molecule has 1 aromatic rings. The number of benzene rings is 1. The summed E-state index contributed by atoms with van der Waals surface area (Å²) >= 11 is 0. The molecule has 1 saturated heterocycles. The minimum atomic E-state index is -1.28. The van der Waals surface area contributed by atoms with Crippen molar-refractivity contribution in [3.63, 3.8) is 0 Å². The maximum atomic E-state index is 12.8. The van der Waals surface area contributed by atoms with Gasteiger partial charge in [-0.05, 0) is 19.4 Å². The second kappa shape index (κ2) is 8.52. The lowest BCUT2D eigenvalue weighted by atomic mass is 9.91. The van der Waals surface area contributed by atoms with Gasteiger partial charge in [0.05, 0.1) is 12.5 Å². The minimum absolute atomic E-state index is 0.163. The number of hydrogen-bond acceptors (Lipinski definition) is 6. The van der Waals surface area contributed by atoms with Crippen LogP contribution in [0.25, 0.3) is 0 Å². The van der Waals surface area contributed by atoms with E-state index in [4.69, 9.17) is 10.00 Å². The molecule has 9 heteroatoms. The Morgan fingerprint density at radius 3 is 2.54 bits per heavy atom. The van der Waals surface area contributed by atoms with Gasteiger partial charge in [-0.15, -0.1) is 0 Å². The van der Waals surface area contributed by atoms with Crippen molar-refractivity contribution >= 4 is 23.8 Å². The summed E-state index contributed by atoms with van der Waals surface area (Å²) in [6.07, 6.45) is 0.163. The van der Waals surface area contributed by atoms with Crippen molar-refractivity contribution in [1.29, 1.82) is 5.26 Å². The van der Waals surface area contributed by atoms with Crippen LogP contribution in [0.1, 0.15) is 24.5 Å². The molecule has 1 aliphatic heterocycles. The lowest BCUT2D eigenvalue weighted by Gasteiger charge is -2.22. The Morgan fingerprint density at radius 2 is 1.93 bits per heavy atom. The number of aryl methyl sites for hydroxylation is 1. The van der Waals surface area contributed by atoms with Gasteiger partial charge in [0.25, 0.3) is 11.8 Å². The number of urea groups is 1. The Morgan fingerprint density at radius 1 is 1.29 bits per heavy atom. The number of ether oxygens (including phenoxy) is 1. The van der Waals surface area contributed by atoms with Gasteiger partial charge in [0, 0.05) is 13.6 Å². The van der Waals surface area contributed by atoms with E-state index >= 15 is 0 Å². The van der Waals surface area contributed by atoms with Crippen molar-refractivity contribution in [3.05, 3.63) is 35.4 Å². The molecule has 0 saturated carbocycles. The summed E-state index contributed by atoms with van der Waals surface area (Å²) in [5.74, 6) is -1.93. The molecule has 0 bridgehead atoms. The van der Waals surface area contributed by atoms with Gasteiger partial charge in [0.15, 0.2) is 6.61 Å². The van der Waals surface area contributed by atoms with Gasteiger partial charge in [-0.2, -0.15) is 5.26 Å². The number of hydrogen-bond donors (Lipinski definition) is 1. The fourth-order valence-corrected chi connectivity index (χ4v) is 2.69. The average molecular weight is 386 g/mol. The van der Waals surface area contributed by atoms with Gasteiger partial charge in [0.2, 0.25) is 0 Å². The standard InChI is InChI=1S/C19H22N4O5/c1-13-5-7-14(8-6-13)19(2)17(26)23(18(27)21-19)11-16(25)28-12-15(24)22(3)10-4-9-20/h5-8H,4,10-12H2,1-3H3,(H,21,27)/t19-/m0/s1. The SMILES string of the molecule is Cc1ccc([C@]2(C)NC(=O)N(CC(=O)OCC(=O)N(C)CCC#N)C2=O)cc1. The van der Waals surface area contributed by atoms with Crippen LogP contribution in [0.2, 0.25) is 0 Å². The van der Waals surface area contributed by atoms with Crippen LogP contribution >= 0.6 is 0 Å². The Hall–Kier alpha value is -3.41. The van der Waals surface area contributed by atoms with Gasteiger partial charge in [-0.25, -0.2) is 4.79 Å². The molecule has 2 rings (SSSR count). The first kappa shape index (κ1) is 20.9. The number of carbonyl (C=O) groups excluding carboxylic acids is 4. The molecule has 1 heterocycles. The largest absolute Gasteiger partial charge is 0.454 e. The average Bonchev–Trinajstić information content (AvgIpc) is 2.88. The van der Waals surface area contributed by atoms with Crippen LogP contribution in [0, 0.1) is 18.3 Å². The van der Waals surface area contributed by atoms with Crippen LogP contribution < -0.4 is 5.32 Å². The molecule has 1 aliphatic rings. The molecule has 0 radical (unpaired) electrons. The highest BCUT2D eigenvalue weighted by Gasteiger charge is 2.49. The van der Waals surface area contributed by atoms with E-state index in [9.17, 15) is 19.2 Å². The van der Waals surface area contributed by atoms with Crippen molar-refractivity contribution in [2.45, 2.75) is 25.8 Å². The molecular weight excluding hydrogens is 364 g/mol. The van der Waals surface area contributed by atoms with Crippen LogP contribution in [0.15, 0.2) is 24.3 Å². The second-order valence-corrected chi connectivity index (χ2v) is 6.70. The molecule has 9 nitrogen and oxygen atoms in total. The molecule has 4 amide bonds. The van der Waals surface area contributed by atoms with Crippen molar-refractivity contribution in [2.24, 2.45) is 0 Å². The number of nitriles is 1.